The molecule has 0 aromatic carbocycles. The second kappa shape index (κ2) is 15.7. The van der Waals surface area contributed by atoms with Gasteiger partial charge in [-0.3, -0.25) is 28.7 Å². The number of carbonyl (C=O) groups is 1. The second-order valence-electron chi connectivity index (χ2n) is 17.4. The zero-order chi connectivity index (χ0) is 39.0. The van der Waals surface area contributed by atoms with E-state index in [1.807, 2.05) is 0 Å². The average Bonchev–Trinajstić information content (AvgIpc) is 3.63. The summed E-state index contributed by atoms with van der Waals surface area (Å²) in [6, 6.07) is -0.380. The van der Waals surface area contributed by atoms with Crippen molar-refractivity contribution < 1.29 is 23.1 Å². The van der Waals surface area contributed by atoms with Crippen LogP contribution in [-0.4, -0.2) is 80.3 Å². The third-order valence-corrected chi connectivity index (χ3v) is 20.5. The summed E-state index contributed by atoms with van der Waals surface area (Å²) in [4.78, 5) is 67.5. The summed E-state index contributed by atoms with van der Waals surface area (Å²) in [6.45, 7) is 26.0. The van der Waals surface area contributed by atoms with Gasteiger partial charge in [0.05, 0.1) is 25.4 Å². The summed E-state index contributed by atoms with van der Waals surface area (Å²) in [6.07, 6.45) is 1.78. The molecule has 15 nitrogen and oxygen atoms in total. The minimum atomic E-state index is -2.13. The van der Waals surface area contributed by atoms with Crippen LogP contribution in [0.25, 0.3) is 0 Å². The maximum atomic E-state index is 13.3. The van der Waals surface area contributed by atoms with E-state index in [0.717, 1.165) is 0 Å². The molecule has 4 N–H and O–H groups in total. The summed E-state index contributed by atoms with van der Waals surface area (Å²) < 4.78 is 28.6. The number of ether oxygens (including phenoxy) is 2. The van der Waals surface area contributed by atoms with E-state index in [2.05, 4.69) is 88.3 Å². The largest absolute Gasteiger partial charge is 0.414 e. The Morgan fingerprint density at radius 3 is 1.40 bits per heavy atom. The first kappa shape index (κ1) is 41.7. The van der Waals surface area contributed by atoms with Crippen LogP contribution in [-0.2, 0) is 18.3 Å². The van der Waals surface area contributed by atoms with Crippen molar-refractivity contribution in [2.75, 3.05) is 26.3 Å². The third-order valence-electron chi connectivity index (χ3n) is 11.5. The van der Waals surface area contributed by atoms with E-state index in [9.17, 15) is 24.0 Å². The molecule has 0 bridgehead atoms. The van der Waals surface area contributed by atoms with Crippen molar-refractivity contribution in [3.05, 3.63) is 65.2 Å². The minimum absolute atomic E-state index is 0.0213. The molecule has 0 spiro atoms. The van der Waals surface area contributed by atoms with Crippen LogP contribution in [0.3, 0.4) is 0 Å². The standard InChI is InChI=1S/C35H60N6O9Si2/c1-21-17-40(32(45)38-29(21)42)27-13-23(25(49-27)19-47-51(9,10)34(3,4)5)15-36-31(44)37-16-24-14-28(41-18-22(2)30(43)39-33(41)46)50-26(24)20-48-52(11,12)35(6,7)8/h17-18,23-28H,13-16,19-20H2,1-12H3,(H2,36,37,44)(H,38,42,45)(H,39,43,46)/t23-,24-,25-,26-,27-,28-/m1/s1. The Hall–Kier alpha value is -3.10. The Bertz CT molecular complexity index is 1690. The molecule has 2 amide bonds. The molecule has 0 saturated carbocycles. The third kappa shape index (κ3) is 9.71. The molecule has 2 aromatic rings. The molecule has 4 rings (SSSR count). The van der Waals surface area contributed by atoms with Crippen molar-refractivity contribution in [1.82, 2.24) is 29.7 Å². The fourth-order valence-corrected chi connectivity index (χ4v) is 7.85. The van der Waals surface area contributed by atoms with Crippen LogP contribution in [0.5, 0.6) is 0 Å². The SMILES string of the molecule is Cc1cn([C@H]2C[C@H](CNC(=O)NC[C@H]3C[C@H](n4cc(C)c(=O)[nH]c4=O)O[C@@H]3CO[Si](C)(C)C(C)(C)C)[C@@H](CO[Si](C)(C)C(C)(C)C)O2)c(=O)[nH]c1=O. The first-order chi connectivity index (χ1) is 23.9. The molecule has 52 heavy (non-hydrogen) atoms. The molecule has 2 fully saturated rings. The summed E-state index contributed by atoms with van der Waals surface area (Å²) in [5.74, 6) is -0.361. The highest BCUT2D eigenvalue weighted by molar-refractivity contribution is 6.74. The molecule has 0 aliphatic carbocycles. The Kier molecular flexibility index (Phi) is 12.6. The zero-order valence-electron chi connectivity index (χ0n) is 32.9. The Balaban J connectivity index is 1.45. The lowest BCUT2D eigenvalue weighted by molar-refractivity contribution is -0.0300. The van der Waals surface area contributed by atoms with Gasteiger partial charge in [-0.2, -0.15) is 0 Å². The second-order valence-corrected chi connectivity index (χ2v) is 27.1. The summed E-state index contributed by atoms with van der Waals surface area (Å²) in [5.41, 5.74) is -1.21. The first-order valence-corrected chi connectivity index (χ1v) is 24.0. The van der Waals surface area contributed by atoms with Gasteiger partial charge in [0.2, 0.25) is 0 Å². The molecule has 4 heterocycles. The van der Waals surface area contributed by atoms with Gasteiger partial charge in [-0.15, -0.1) is 0 Å². The van der Waals surface area contributed by atoms with Gasteiger partial charge >= 0.3 is 17.4 Å². The minimum Gasteiger partial charge on any atom is -0.414 e. The van der Waals surface area contributed by atoms with E-state index >= 15 is 0 Å². The van der Waals surface area contributed by atoms with Crippen LogP contribution in [0.15, 0.2) is 31.6 Å². The molecule has 17 heteroatoms. The molecular formula is C35H60N6O9Si2. The van der Waals surface area contributed by atoms with Gasteiger partial charge in [0.25, 0.3) is 11.1 Å². The van der Waals surface area contributed by atoms with Gasteiger partial charge in [-0.1, -0.05) is 41.5 Å². The molecule has 0 radical (unpaired) electrons. The number of urea groups is 1. The fraction of sp³-hybridized carbons (Fsp3) is 0.743. The van der Waals surface area contributed by atoms with Crippen molar-refractivity contribution in [3.8, 4) is 0 Å². The average molecular weight is 765 g/mol. The smallest absolute Gasteiger partial charge is 0.330 e. The van der Waals surface area contributed by atoms with Gasteiger partial charge < -0.3 is 29.0 Å². The Morgan fingerprint density at radius 2 is 1.08 bits per heavy atom. The highest BCUT2D eigenvalue weighted by atomic mass is 28.4. The number of nitrogens with zero attached hydrogens (tertiary/aromatic N) is 2. The summed E-state index contributed by atoms with van der Waals surface area (Å²) >= 11 is 0. The number of aryl methyl sites for hydroxylation is 2. The summed E-state index contributed by atoms with van der Waals surface area (Å²) in [5, 5.41) is 5.94. The van der Waals surface area contributed by atoms with Crippen LogP contribution < -0.4 is 33.1 Å². The van der Waals surface area contributed by atoms with E-state index < -0.39 is 63.8 Å². The van der Waals surface area contributed by atoms with Crippen LogP contribution in [0.4, 0.5) is 4.79 Å². The molecule has 292 valence electrons. The molecule has 2 aromatic heterocycles. The van der Waals surface area contributed by atoms with Gasteiger partial charge in [-0.05, 0) is 63.0 Å². The van der Waals surface area contributed by atoms with Crippen LogP contribution in [0.1, 0.15) is 78.0 Å². The molecule has 2 saturated heterocycles. The highest BCUT2D eigenvalue weighted by Crippen LogP contribution is 2.40. The van der Waals surface area contributed by atoms with Gasteiger partial charge in [0, 0.05) is 48.4 Å². The predicted octanol–water partition coefficient (Wildman–Crippen LogP) is 3.85. The van der Waals surface area contributed by atoms with E-state index in [4.69, 9.17) is 18.3 Å². The lowest BCUT2D eigenvalue weighted by atomic mass is 10.0. The van der Waals surface area contributed by atoms with Crippen molar-refractivity contribution in [1.29, 1.82) is 0 Å². The van der Waals surface area contributed by atoms with Crippen LogP contribution in [0.2, 0.25) is 36.3 Å². The van der Waals surface area contributed by atoms with Crippen molar-refractivity contribution in [3.63, 3.8) is 0 Å². The lowest BCUT2D eigenvalue weighted by Gasteiger charge is -2.37. The van der Waals surface area contributed by atoms with E-state index in [1.54, 1.807) is 13.8 Å². The van der Waals surface area contributed by atoms with Gasteiger partial charge in [0.15, 0.2) is 16.6 Å². The van der Waals surface area contributed by atoms with Gasteiger partial charge in [0.1, 0.15) is 12.5 Å². The number of carbonyl (C=O) groups excluding carboxylic acids is 1. The maximum absolute atomic E-state index is 13.3. The van der Waals surface area contributed by atoms with Crippen LogP contribution in [0, 0.1) is 25.7 Å². The monoisotopic (exact) mass is 764 g/mol. The number of aromatic amines is 2. The number of nitrogens with one attached hydrogen (secondary N) is 4. The molecule has 2 aliphatic rings. The Morgan fingerprint density at radius 1 is 0.731 bits per heavy atom. The topological polar surface area (TPSA) is 188 Å². The number of hydrogen-bond donors (Lipinski definition) is 4. The van der Waals surface area contributed by atoms with Crippen molar-refractivity contribution in [2.24, 2.45) is 11.8 Å². The highest BCUT2D eigenvalue weighted by Gasteiger charge is 2.43. The molecule has 0 unspecified atom stereocenters. The van der Waals surface area contributed by atoms with E-state index in [1.165, 1.54) is 21.5 Å². The normalized spacial score (nSPS) is 24.3. The number of rotatable bonds is 12. The van der Waals surface area contributed by atoms with Gasteiger partial charge in [-0.25, -0.2) is 14.4 Å². The number of amides is 2. The number of H-pyrrole nitrogens is 2. The zero-order valence-corrected chi connectivity index (χ0v) is 34.9. The maximum Gasteiger partial charge on any atom is 0.330 e. The van der Waals surface area contributed by atoms with E-state index in [0.29, 0.717) is 37.2 Å². The van der Waals surface area contributed by atoms with Crippen LogP contribution >= 0.6 is 0 Å². The van der Waals surface area contributed by atoms with Crippen molar-refractivity contribution >= 4 is 22.7 Å². The molecule has 6 atom stereocenters. The van der Waals surface area contributed by atoms with E-state index in [-0.39, 0.29) is 41.0 Å². The molecular weight excluding hydrogens is 705 g/mol. The quantitative estimate of drug-likeness (QED) is 0.233. The summed E-state index contributed by atoms with van der Waals surface area (Å²) in [7, 11) is -4.27. The fourth-order valence-electron chi connectivity index (χ4n) is 5.82. The number of aromatic nitrogens is 4. The Labute approximate surface area is 307 Å². The lowest BCUT2D eigenvalue weighted by Crippen LogP contribution is -2.46. The first-order valence-electron chi connectivity index (χ1n) is 18.1. The predicted molar refractivity (Wildman–Crippen MR) is 204 cm³/mol. The van der Waals surface area contributed by atoms with Crippen molar-refractivity contribution in [2.45, 2.75) is 129 Å². The number of hydrogen-bond acceptors (Lipinski definition) is 9. The molecule has 2 aliphatic heterocycles.